The van der Waals surface area contributed by atoms with Gasteiger partial charge in [0.2, 0.25) is 5.43 Å². The maximum absolute atomic E-state index is 16.3. The van der Waals surface area contributed by atoms with E-state index in [-0.39, 0.29) is 22.6 Å². The molecule has 2 atom stereocenters. The number of likely N-dealkylation sites (tertiary alicyclic amines) is 1. The van der Waals surface area contributed by atoms with E-state index in [0.29, 0.717) is 48.3 Å². The van der Waals surface area contributed by atoms with Gasteiger partial charge in [-0.3, -0.25) is 19.6 Å². The Balaban J connectivity index is 1.24. The Bertz CT molecular complexity index is 2030. The summed E-state index contributed by atoms with van der Waals surface area (Å²) in [6.07, 6.45) is 10.5. The molecule has 0 aliphatic carbocycles. The fraction of sp³-hybridized carbons (Fsp3) is 0.314. The molecule has 3 aliphatic rings. The van der Waals surface area contributed by atoms with Gasteiger partial charge in [-0.25, -0.2) is 4.39 Å². The summed E-state index contributed by atoms with van der Waals surface area (Å²) in [4.78, 5) is 40.4. The number of carbonyl (C=O) groups is 1. The number of carbonyl (C=O) groups excluding carboxylic acids is 1. The highest BCUT2D eigenvalue weighted by molar-refractivity contribution is 6.02. The zero-order chi connectivity index (χ0) is 30.7. The molecule has 10 heteroatoms. The van der Waals surface area contributed by atoms with E-state index in [1.807, 2.05) is 45.9 Å². The summed E-state index contributed by atoms with van der Waals surface area (Å²) < 4.78 is 24.6. The van der Waals surface area contributed by atoms with Gasteiger partial charge in [-0.1, -0.05) is 24.3 Å². The lowest BCUT2D eigenvalue weighted by atomic mass is 10.0. The van der Waals surface area contributed by atoms with Gasteiger partial charge in [0, 0.05) is 56.4 Å². The number of hydrogen-bond donors (Lipinski definition) is 1. The number of fused-ring (bicyclic) bond motifs is 3. The minimum Gasteiger partial charge on any atom is -0.451 e. The molecule has 3 aliphatic heterocycles. The molecule has 5 aromatic rings. The van der Waals surface area contributed by atoms with Gasteiger partial charge >= 0.3 is 0 Å². The number of ether oxygens (including phenoxy) is 1. The van der Waals surface area contributed by atoms with E-state index in [9.17, 15) is 9.59 Å². The Morgan fingerprint density at radius 3 is 2.73 bits per heavy atom. The van der Waals surface area contributed by atoms with Crippen LogP contribution in [0, 0.1) is 5.82 Å². The van der Waals surface area contributed by atoms with Gasteiger partial charge in [0.15, 0.2) is 17.3 Å². The van der Waals surface area contributed by atoms with E-state index in [1.165, 1.54) is 6.07 Å². The van der Waals surface area contributed by atoms with Gasteiger partial charge in [-0.05, 0) is 68.2 Å². The van der Waals surface area contributed by atoms with Crippen molar-refractivity contribution in [2.45, 2.75) is 37.6 Å². The van der Waals surface area contributed by atoms with Crippen molar-refractivity contribution in [1.29, 1.82) is 0 Å². The van der Waals surface area contributed by atoms with Gasteiger partial charge in [-0.2, -0.15) is 0 Å². The first kappa shape index (κ1) is 27.7. The summed E-state index contributed by atoms with van der Waals surface area (Å²) in [6.45, 7) is 2.63. The molecule has 2 aromatic heterocycles. The number of nitrogens with one attached hydrogen (secondary N) is 1. The molecule has 0 spiro atoms. The van der Waals surface area contributed by atoms with Gasteiger partial charge in [0.1, 0.15) is 16.8 Å². The minimum absolute atomic E-state index is 0.0229. The fourth-order valence-electron chi connectivity index (χ4n) is 7.26. The van der Waals surface area contributed by atoms with Crippen LogP contribution in [0.3, 0.4) is 0 Å². The number of pyridine rings is 1. The van der Waals surface area contributed by atoms with Crippen LogP contribution >= 0.6 is 0 Å². The van der Waals surface area contributed by atoms with Crippen molar-refractivity contribution < 1.29 is 13.9 Å². The number of amides is 1. The van der Waals surface area contributed by atoms with Crippen LogP contribution in [-0.2, 0) is 0 Å². The first-order valence-corrected chi connectivity index (χ1v) is 15.6. The SMILES string of the molecule is CN1CCCC1CCNC(=O)c1cn2c3c(c(N4CCC(c5cnccn5)C4)c(F)cc3c1=O)Oc1cc3ccccc3cc1-2. The van der Waals surface area contributed by atoms with E-state index < -0.39 is 17.2 Å². The third-order valence-corrected chi connectivity index (χ3v) is 9.65. The van der Waals surface area contributed by atoms with Crippen molar-refractivity contribution in [2.75, 3.05) is 38.1 Å². The third kappa shape index (κ3) is 4.71. The average molecular weight is 605 g/mol. The Morgan fingerprint density at radius 1 is 1.11 bits per heavy atom. The van der Waals surface area contributed by atoms with Gasteiger partial charge < -0.3 is 24.4 Å². The fourth-order valence-corrected chi connectivity index (χ4v) is 7.26. The van der Waals surface area contributed by atoms with Crippen molar-refractivity contribution in [3.05, 3.63) is 94.5 Å². The van der Waals surface area contributed by atoms with Crippen LogP contribution in [0.4, 0.5) is 10.1 Å². The normalized spacial score (nSPS) is 19.2. The zero-order valence-corrected chi connectivity index (χ0v) is 25.0. The Labute approximate surface area is 259 Å². The largest absolute Gasteiger partial charge is 0.451 e. The molecule has 8 rings (SSSR count). The number of nitrogens with zero attached hydrogens (tertiary/aromatic N) is 5. The molecule has 5 heterocycles. The predicted molar refractivity (Wildman–Crippen MR) is 171 cm³/mol. The van der Waals surface area contributed by atoms with Gasteiger partial charge in [-0.15, -0.1) is 0 Å². The first-order valence-electron chi connectivity index (χ1n) is 15.6. The van der Waals surface area contributed by atoms with Gasteiger partial charge in [0.25, 0.3) is 5.91 Å². The molecular formula is C35H33FN6O3. The Hall–Kier alpha value is -4.83. The lowest BCUT2D eigenvalue weighted by Crippen LogP contribution is -2.34. The number of anilines is 1. The highest BCUT2D eigenvalue weighted by Crippen LogP contribution is 2.48. The number of aromatic nitrogens is 3. The predicted octanol–water partition coefficient (Wildman–Crippen LogP) is 5.39. The first-order chi connectivity index (χ1) is 22.0. The number of rotatable bonds is 6. The Morgan fingerprint density at radius 2 is 1.96 bits per heavy atom. The second kappa shape index (κ2) is 11.0. The van der Waals surface area contributed by atoms with Crippen molar-refractivity contribution >= 4 is 33.3 Å². The van der Waals surface area contributed by atoms with Crippen LogP contribution in [-0.4, -0.2) is 64.6 Å². The second-order valence-electron chi connectivity index (χ2n) is 12.3. The minimum atomic E-state index is -0.563. The molecule has 0 bridgehead atoms. The van der Waals surface area contributed by atoms with Crippen molar-refractivity contribution in [3.63, 3.8) is 0 Å². The summed E-state index contributed by atoms with van der Waals surface area (Å²) >= 11 is 0. The lowest BCUT2D eigenvalue weighted by molar-refractivity contribution is 0.0949. The zero-order valence-electron chi connectivity index (χ0n) is 25.0. The van der Waals surface area contributed by atoms with Crippen LogP contribution in [0.5, 0.6) is 11.5 Å². The monoisotopic (exact) mass is 604 g/mol. The molecule has 1 amide bonds. The molecule has 2 fully saturated rings. The van der Waals surface area contributed by atoms with Gasteiger partial charge in [0.05, 0.1) is 16.8 Å². The molecule has 3 aromatic carbocycles. The van der Waals surface area contributed by atoms with Crippen molar-refractivity contribution in [1.82, 2.24) is 24.8 Å². The quantitative estimate of drug-likeness (QED) is 0.273. The van der Waals surface area contributed by atoms with Crippen molar-refractivity contribution in [3.8, 4) is 17.2 Å². The van der Waals surface area contributed by atoms with Crippen LogP contribution in [0.25, 0.3) is 27.4 Å². The van der Waals surface area contributed by atoms with Crippen molar-refractivity contribution in [2.24, 2.45) is 0 Å². The summed E-state index contributed by atoms with van der Waals surface area (Å²) in [5.41, 5.74) is 1.76. The standard InChI is InChI=1S/C35H33FN6O3/c1-40-13-4-7-24(40)8-10-39-35(44)26-20-42-29-15-21-5-2-3-6-22(21)16-30(29)45-34-31(42)25(33(26)43)17-27(36)32(34)41-14-9-23(19-41)28-18-37-11-12-38-28/h2-3,5-6,11-12,15-18,20,23-24H,4,7-10,13-14,19H2,1H3,(H,39,44). The van der Waals surface area contributed by atoms with Crippen LogP contribution in [0.1, 0.15) is 47.7 Å². The van der Waals surface area contributed by atoms with E-state index in [2.05, 4.69) is 27.2 Å². The lowest BCUT2D eigenvalue weighted by Gasteiger charge is -2.29. The molecule has 2 unspecified atom stereocenters. The van der Waals surface area contributed by atoms with E-state index >= 15 is 4.39 Å². The number of hydrogen-bond acceptors (Lipinski definition) is 7. The number of benzene rings is 3. The maximum Gasteiger partial charge on any atom is 0.256 e. The Kier molecular flexibility index (Phi) is 6.74. The molecule has 1 N–H and O–H groups in total. The van der Waals surface area contributed by atoms with Crippen LogP contribution < -0.4 is 20.4 Å². The molecule has 0 radical (unpaired) electrons. The highest BCUT2D eigenvalue weighted by Gasteiger charge is 2.34. The second-order valence-corrected chi connectivity index (χ2v) is 12.3. The summed E-state index contributed by atoms with van der Waals surface area (Å²) in [5, 5.41) is 5.01. The topological polar surface area (TPSA) is 92.6 Å². The van der Waals surface area contributed by atoms with Crippen LogP contribution in [0.15, 0.2) is 72.0 Å². The summed E-state index contributed by atoms with van der Waals surface area (Å²) in [5.74, 6) is -0.137. The molecule has 0 saturated carbocycles. The summed E-state index contributed by atoms with van der Waals surface area (Å²) in [7, 11) is 2.10. The highest BCUT2D eigenvalue weighted by atomic mass is 19.1. The number of halogens is 1. The van der Waals surface area contributed by atoms with E-state index in [4.69, 9.17) is 4.74 Å². The summed E-state index contributed by atoms with van der Waals surface area (Å²) in [6, 6.07) is 13.5. The molecule has 45 heavy (non-hydrogen) atoms. The molecule has 2 saturated heterocycles. The molecule has 9 nitrogen and oxygen atoms in total. The molecular weight excluding hydrogens is 571 g/mol. The van der Waals surface area contributed by atoms with E-state index in [0.717, 1.165) is 48.7 Å². The third-order valence-electron chi connectivity index (χ3n) is 9.65. The van der Waals surface area contributed by atoms with E-state index in [1.54, 1.807) is 24.8 Å². The molecule has 228 valence electrons. The van der Waals surface area contributed by atoms with Crippen LogP contribution in [0.2, 0.25) is 0 Å². The average Bonchev–Trinajstić information content (AvgIpc) is 3.71. The smallest absolute Gasteiger partial charge is 0.256 e. The maximum atomic E-state index is 16.3.